The van der Waals surface area contributed by atoms with Gasteiger partial charge in [-0.3, -0.25) is 4.68 Å². The Morgan fingerprint density at radius 1 is 1.39 bits per heavy atom. The minimum Gasteiger partial charge on any atom is -0.493 e. The normalized spacial score (nSPS) is 13.4. The molecular weight excluding hydrogens is 362 g/mol. The standard InChI is InChI=1S/C12H11Br2N3O/c13-9-3-7-1-2-18-11(7)8(4-9)5-17-6-10(14)12(15)16-17/h3-4,6H,1-2,5H2,(H2,15,16). The van der Waals surface area contributed by atoms with Gasteiger partial charge in [-0.2, -0.15) is 5.10 Å². The maximum Gasteiger partial charge on any atom is 0.159 e. The van der Waals surface area contributed by atoms with E-state index in [1.54, 1.807) is 0 Å². The SMILES string of the molecule is Nc1nn(Cc2cc(Br)cc3c2OCC3)cc1Br. The summed E-state index contributed by atoms with van der Waals surface area (Å²) in [5.74, 6) is 1.49. The first-order valence-corrected chi connectivity index (χ1v) is 7.14. The van der Waals surface area contributed by atoms with Crippen molar-refractivity contribution in [1.82, 2.24) is 9.78 Å². The van der Waals surface area contributed by atoms with Gasteiger partial charge in [0.05, 0.1) is 17.6 Å². The number of nitrogens with two attached hydrogens (primary N) is 1. The van der Waals surface area contributed by atoms with Crippen LogP contribution in [0.3, 0.4) is 0 Å². The number of hydrogen-bond donors (Lipinski definition) is 1. The molecule has 0 saturated carbocycles. The lowest BCUT2D eigenvalue weighted by atomic mass is 10.1. The lowest BCUT2D eigenvalue weighted by Gasteiger charge is -2.09. The van der Waals surface area contributed by atoms with Crippen molar-refractivity contribution in [1.29, 1.82) is 0 Å². The minimum atomic E-state index is 0.502. The summed E-state index contributed by atoms with van der Waals surface area (Å²) in [4.78, 5) is 0. The van der Waals surface area contributed by atoms with Crippen LogP contribution in [0.5, 0.6) is 5.75 Å². The van der Waals surface area contributed by atoms with E-state index in [4.69, 9.17) is 10.5 Å². The molecule has 94 valence electrons. The van der Waals surface area contributed by atoms with Crippen molar-refractivity contribution in [2.24, 2.45) is 0 Å². The highest BCUT2D eigenvalue weighted by Crippen LogP contribution is 2.33. The lowest BCUT2D eigenvalue weighted by molar-refractivity contribution is 0.352. The zero-order valence-corrected chi connectivity index (χ0v) is 12.7. The van der Waals surface area contributed by atoms with Crippen molar-refractivity contribution in [3.05, 3.63) is 38.4 Å². The number of ether oxygens (including phenoxy) is 1. The number of halogens is 2. The number of benzene rings is 1. The van der Waals surface area contributed by atoms with E-state index in [1.807, 2.05) is 10.9 Å². The molecule has 0 radical (unpaired) electrons. The number of nitrogen functional groups attached to an aromatic ring is 1. The summed E-state index contributed by atoms with van der Waals surface area (Å²) in [6.07, 6.45) is 2.84. The molecule has 0 bridgehead atoms. The highest BCUT2D eigenvalue weighted by atomic mass is 79.9. The molecule has 0 atom stereocenters. The summed E-state index contributed by atoms with van der Waals surface area (Å²) >= 11 is 6.89. The maximum atomic E-state index is 5.72. The summed E-state index contributed by atoms with van der Waals surface area (Å²) in [5, 5.41) is 4.24. The highest BCUT2D eigenvalue weighted by molar-refractivity contribution is 9.10. The summed E-state index contributed by atoms with van der Waals surface area (Å²) in [5.41, 5.74) is 8.08. The van der Waals surface area contributed by atoms with Gasteiger partial charge >= 0.3 is 0 Å². The number of nitrogens with zero attached hydrogens (tertiary/aromatic N) is 2. The van der Waals surface area contributed by atoms with E-state index < -0.39 is 0 Å². The Morgan fingerprint density at radius 2 is 2.22 bits per heavy atom. The third-order valence-corrected chi connectivity index (χ3v) is 3.97. The molecule has 0 fully saturated rings. The van der Waals surface area contributed by atoms with Gasteiger partial charge in [0.25, 0.3) is 0 Å². The topological polar surface area (TPSA) is 53.1 Å². The van der Waals surface area contributed by atoms with Gasteiger partial charge in [0.15, 0.2) is 5.82 Å². The van der Waals surface area contributed by atoms with E-state index >= 15 is 0 Å². The molecule has 18 heavy (non-hydrogen) atoms. The molecule has 2 N–H and O–H groups in total. The van der Waals surface area contributed by atoms with Gasteiger partial charge in [0.1, 0.15) is 5.75 Å². The zero-order chi connectivity index (χ0) is 12.7. The Labute approximate surface area is 121 Å². The second-order valence-corrected chi connectivity index (χ2v) is 5.98. The maximum absolute atomic E-state index is 5.72. The highest BCUT2D eigenvalue weighted by Gasteiger charge is 2.18. The Kier molecular flexibility index (Phi) is 3.07. The fourth-order valence-electron chi connectivity index (χ4n) is 2.13. The fraction of sp³-hybridized carbons (Fsp3) is 0.250. The Hall–Kier alpha value is -1.01. The molecule has 0 saturated heterocycles. The van der Waals surface area contributed by atoms with Gasteiger partial charge in [-0.1, -0.05) is 15.9 Å². The van der Waals surface area contributed by atoms with Crippen molar-refractivity contribution < 1.29 is 4.74 Å². The van der Waals surface area contributed by atoms with Crippen molar-refractivity contribution in [2.75, 3.05) is 12.3 Å². The Balaban J connectivity index is 1.97. The van der Waals surface area contributed by atoms with Crippen molar-refractivity contribution in [3.63, 3.8) is 0 Å². The van der Waals surface area contributed by atoms with Gasteiger partial charge in [0, 0.05) is 22.7 Å². The smallest absolute Gasteiger partial charge is 0.159 e. The number of hydrogen-bond acceptors (Lipinski definition) is 3. The quantitative estimate of drug-likeness (QED) is 0.881. The second kappa shape index (κ2) is 4.59. The lowest BCUT2D eigenvalue weighted by Crippen LogP contribution is -2.03. The molecule has 1 aromatic carbocycles. The van der Waals surface area contributed by atoms with Crippen LogP contribution in [-0.4, -0.2) is 16.4 Å². The predicted octanol–water partition coefficient (Wildman–Crippen LogP) is 2.97. The molecule has 3 rings (SSSR count). The molecule has 4 nitrogen and oxygen atoms in total. The van der Waals surface area contributed by atoms with Crippen LogP contribution in [0, 0.1) is 0 Å². The molecule has 0 aliphatic carbocycles. The zero-order valence-electron chi connectivity index (χ0n) is 9.49. The van der Waals surface area contributed by atoms with Crippen LogP contribution in [0.2, 0.25) is 0 Å². The van der Waals surface area contributed by atoms with E-state index in [1.165, 1.54) is 5.56 Å². The number of aromatic nitrogens is 2. The van der Waals surface area contributed by atoms with E-state index in [2.05, 4.69) is 49.1 Å². The van der Waals surface area contributed by atoms with E-state index in [-0.39, 0.29) is 0 Å². The first-order chi connectivity index (χ1) is 8.63. The molecule has 2 aromatic rings. The largest absolute Gasteiger partial charge is 0.493 e. The van der Waals surface area contributed by atoms with Crippen LogP contribution < -0.4 is 10.5 Å². The van der Waals surface area contributed by atoms with E-state index in [0.717, 1.165) is 33.3 Å². The van der Waals surface area contributed by atoms with Crippen LogP contribution in [0.1, 0.15) is 11.1 Å². The third-order valence-electron chi connectivity index (χ3n) is 2.90. The van der Waals surface area contributed by atoms with Gasteiger partial charge in [-0.25, -0.2) is 0 Å². The molecule has 0 amide bonds. The molecule has 1 aliphatic heterocycles. The Bertz CT molecular complexity index is 590. The molecule has 0 spiro atoms. The number of fused-ring (bicyclic) bond motifs is 1. The Morgan fingerprint density at radius 3 is 2.94 bits per heavy atom. The molecule has 0 unspecified atom stereocenters. The molecule has 1 aromatic heterocycles. The summed E-state index contributed by atoms with van der Waals surface area (Å²) in [6.45, 7) is 1.40. The van der Waals surface area contributed by atoms with Gasteiger partial charge < -0.3 is 10.5 Å². The predicted molar refractivity (Wildman–Crippen MR) is 76.8 cm³/mol. The molecule has 1 aliphatic rings. The van der Waals surface area contributed by atoms with Crippen LogP contribution in [0.4, 0.5) is 5.82 Å². The van der Waals surface area contributed by atoms with Crippen LogP contribution in [0.25, 0.3) is 0 Å². The average molecular weight is 373 g/mol. The first-order valence-electron chi connectivity index (χ1n) is 5.56. The van der Waals surface area contributed by atoms with Crippen molar-refractivity contribution in [2.45, 2.75) is 13.0 Å². The summed E-state index contributed by atoms with van der Waals surface area (Å²) < 4.78 is 9.38. The molecule has 2 heterocycles. The van der Waals surface area contributed by atoms with Crippen LogP contribution >= 0.6 is 31.9 Å². The molecule has 6 heteroatoms. The first kappa shape index (κ1) is 12.0. The summed E-state index contributed by atoms with van der Waals surface area (Å²) in [6, 6.07) is 4.18. The monoisotopic (exact) mass is 371 g/mol. The van der Waals surface area contributed by atoms with Crippen LogP contribution in [0.15, 0.2) is 27.3 Å². The second-order valence-electron chi connectivity index (χ2n) is 4.21. The van der Waals surface area contributed by atoms with Crippen molar-refractivity contribution in [3.8, 4) is 5.75 Å². The fourth-order valence-corrected chi connectivity index (χ4v) is 3.00. The number of rotatable bonds is 2. The van der Waals surface area contributed by atoms with Gasteiger partial charge in [-0.05, 0) is 33.6 Å². The van der Waals surface area contributed by atoms with Crippen LogP contribution in [-0.2, 0) is 13.0 Å². The third kappa shape index (κ3) is 2.14. The van der Waals surface area contributed by atoms with Gasteiger partial charge in [0.2, 0.25) is 0 Å². The van der Waals surface area contributed by atoms with E-state index in [0.29, 0.717) is 12.4 Å². The van der Waals surface area contributed by atoms with Gasteiger partial charge in [-0.15, -0.1) is 0 Å². The molecular formula is C12H11Br2N3O. The average Bonchev–Trinajstić information content (AvgIpc) is 2.86. The minimum absolute atomic E-state index is 0.502. The van der Waals surface area contributed by atoms with E-state index in [9.17, 15) is 0 Å². The van der Waals surface area contributed by atoms with Crippen molar-refractivity contribution >= 4 is 37.7 Å². The number of anilines is 1. The summed E-state index contributed by atoms with van der Waals surface area (Å²) in [7, 11) is 0.